The molecule has 0 amide bonds. The molecule has 17 heavy (non-hydrogen) atoms. The number of nitrogens with two attached hydrogens (primary N) is 1. The van der Waals surface area contributed by atoms with Crippen LogP contribution in [0.3, 0.4) is 0 Å². The second kappa shape index (κ2) is 5.52. The Hall–Kier alpha value is -1.06. The molecule has 0 saturated carbocycles. The Morgan fingerprint density at radius 3 is 3.00 bits per heavy atom. The third-order valence-electron chi connectivity index (χ3n) is 3.39. The van der Waals surface area contributed by atoms with Crippen LogP contribution in [0.25, 0.3) is 0 Å². The van der Waals surface area contributed by atoms with Crippen molar-refractivity contribution >= 4 is 5.69 Å². The van der Waals surface area contributed by atoms with Gasteiger partial charge < -0.3 is 10.5 Å². The summed E-state index contributed by atoms with van der Waals surface area (Å²) in [7, 11) is 0. The first-order valence-corrected chi connectivity index (χ1v) is 6.39. The van der Waals surface area contributed by atoms with Gasteiger partial charge in [-0.25, -0.2) is 0 Å². The molecule has 2 unspecified atom stereocenters. The molecule has 0 aliphatic carbocycles. The molecule has 1 heterocycles. The van der Waals surface area contributed by atoms with Crippen LogP contribution in [0.1, 0.15) is 25.8 Å². The number of morpholine rings is 1. The highest BCUT2D eigenvalue weighted by molar-refractivity contribution is 5.40. The number of ether oxygens (including phenoxy) is 1. The van der Waals surface area contributed by atoms with Crippen LogP contribution in [-0.2, 0) is 11.3 Å². The summed E-state index contributed by atoms with van der Waals surface area (Å²) in [6.07, 6.45) is 1.47. The van der Waals surface area contributed by atoms with Crippen molar-refractivity contribution in [3.8, 4) is 0 Å². The van der Waals surface area contributed by atoms with Crippen LogP contribution >= 0.6 is 0 Å². The van der Waals surface area contributed by atoms with Crippen molar-refractivity contribution in [3.63, 3.8) is 0 Å². The third-order valence-corrected chi connectivity index (χ3v) is 3.39. The van der Waals surface area contributed by atoms with Gasteiger partial charge in [0.15, 0.2) is 0 Å². The molecule has 1 aromatic rings. The van der Waals surface area contributed by atoms with Gasteiger partial charge in [-0.05, 0) is 31.0 Å². The first-order chi connectivity index (χ1) is 8.19. The first kappa shape index (κ1) is 12.4. The molecule has 1 fully saturated rings. The molecular weight excluding hydrogens is 212 g/mol. The van der Waals surface area contributed by atoms with Gasteiger partial charge in [-0.15, -0.1) is 0 Å². The van der Waals surface area contributed by atoms with E-state index in [1.54, 1.807) is 0 Å². The van der Waals surface area contributed by atoms with Crippen LogP contribution in [0, 0.1) is 0 Å². The van der Waals surface area contributed by atoms with Crippen molar-refractivity contribution in [2.75, 3.05) is 18.9 Å². The molecule has 1 aliphatic rings. The van der Waals surface area contributed by atoms with E-state index in [1.807, 2.05) is 12.1 Å². The zero-order chi connectivity index (χ0) is 12.3. The van der Waals surface area contributed by atoms with E-state index in [9.17, 15) is 0 Å². The van der Waals surface area contributed by atoms with Crippen molar-refractivity contribution in [3.05, 3.63) is 29.8 Å². The van der Waals surface area contributed by atoms with Gasteiger partial charge in [-0.2, -0.15) is 0 Å². The highest BCUT2D eigenvalue weighted by atomic mass is 16.5. The first-order valence-electron chi connectivity index (χ1n) is 6.39. The minimum atomic E-state index is 0.332. The fourth-order valence-electron chi connectivity index (χ4n) is 2.41. The maximum atomic E-state index is 5.81. The predicted molar refractivity (Wildman–Crippen MR) is 70.8 cm³/mol. The van der Waals surface area contributed by atoms with Gasteiger partial charge >= 0.3 is 0 Å². The van der Waals surface area contributed by atoms with Crippen molar-refractivity contribution in [2.45, 2.75) is 39.0 Å². The number of nitrogen functional groups attached to an aromatic ring is 1. The smallest absolute Gasteiger partial charge is 0.0674 e. The molecular formula is C14H22N2O. The van der Waals surface area contributed by atoms with Crippen LogP contribution < -0.4 is 5.73 Å². The summed E-state index contributed by atoms with van der Waals surface area (Å²) in [5, 5.41) is 0. The van der Waals surface area contributed by atoms with Crippen LogP contribution in [0.2, 0.25) is 0 Å². The minimum absolute atomic E-state index is 0.332. The molecule has 0 bridgehead atoms. The van der Waals surface area contributed by atoms with Gasteiger partial charge in [-0.1, -0.05) is 19.1 Å². The van der Waals surface area contributed by atoms with Crippen molar-refractivity contribution in [1.29, 1.82) is 0 Å². The molecule has 3 heteroatoms. The zero-order valence-corrected chi connectivity index (χ0v) is 10.7. The number of rotatable bonds is 3. The van der Waals surface area contributed by atoms with E-state index in [2.05, 4.69) is 30.9 Å². The van der Waals surface area contributed by atoms with E-state index in [0.717, 1.165) is 31.8 Å². The molecule has 0 radical (unpaired) electrons. The summed E-state index contributed by atoms with van der Waals surface area (Å²) in [5.41, 5.74) is 7.95. The molecule has 2 rings (SSSR count). The van der Waals surface area contributed by atoms with Crippen molar-refractivity contribution in [2.24, 2.45) is 0 Å². The molecule has 3 nitrogen and oxygen atoms in total. The summed E-state index contributed by atoms with van der Waals surface area (Å²) < 4.78 is 5.71. The molecule has 0 spiro atoms. The van der Waals surface area contributed by atoms with Crippen LogP contribution in [0.5, 0.6) is 0 Å². The molecule has 1 aromatic carbocycles. The molecule has 2 atom stereocenters. The lowest BCUT2D eigenvalue weighted by Crippen LogP contribution is -2.47. The average Bonchev–Trinajstić information content (AvgIpc) is 2.29. The number of hydrogen-bond acceptors (Lipinski definition) is 3. The molecule has 0 aromatic heterocycles. The average molecular weight is 234 g/mol. The quantitative estimate of drug-likeness (QED) is 0.815. The normalized spacial score (nSPS) is 26.0. The summed E-state index contributed by atoms with van der Waals surface area (Å²) in [6, 6.07) is 8.70. The Morgan fingerprint density at radius 1 is 1.47 bits per heavy atom. The fourth-order valence-corrected chi connectivity index (χ4v) is 2.41. The number of benzene rings is 1. The van der Waals surface area contributed by atoms with Crippen LogP contribution in [0.4, 0.5) is 5.69 Å². The van der Waals surface area contributed by atoms with Crippen LogP contribution in [-0.4, -0.2) is 30.2 Å². The summed E-state index contributed by atoms with van der Waals surface area (Å²) in [5.74, 6) is 0. The van der Waals surface area contributed by atoms with Gasteiger partial charge in [0.1, 0.15) is 0 Å². The minimum Gasteiger partial charge on any atom is -0.399 e. The number of hydrogen-bond donors (Lipinski definition) is 1. The molecule has 1 saturated heterocycles. The summed E-state index contributed by atoms with van der Waals surface area (Å²) >= 11 is 0. The maximum Gasteiger partial charge on any atom is 0.0674 e. The second-order valence-corrected chi connectivity index (χ2v) is 4.88. The topological polar surface area (TPSA) is 38.5 Å². The lowest BCUT2D eigenvalue weighted by Gasteiger charge is -2.38. The van der Waals surface area contributed by atoms with E-state index >= 15 is 0 Å². The Kier molecular flexibility index (Phi) is 4.02. The van der Waals surface area contributed by atoms with Crippen molar-refractivity contribution in [1.82, 2.24) is 4.90 Å². The lowest BCUT2D eigenvalue weighted by atomic mass is 10.1. The van der Waals surface area contributed by atoms with E-state index in [1.165, 1.54) is 5.56 Å². The molecule has 1 aliphatic heterocycles. The van der Waals surface area contributed by atoms with Gasteiger partial charge in [0, 0.05) is 24.8 Å². The third kappa shape index (κ3) is 3.20. The highest BCUT2D eigenvalue weighted by Crippen LogP contribution is 2.18. The number of anilines is 1. The Bertz CT molecular complexity index is 367. The van der Waals surface area contributed by atoms with E-state index in [4.69, 9.17) is 10.5 Å². The molecule has 94 valence electrons. The Balaban J connectivity index is 2.04. The van der Waals surface area contributed by atoms with E-state index < -0.39 is 0 Å². The largest absolute Gasteiger partial charge is 0.399 e. The lowest BCUT2D eigenvalue weighted by molar-refractivity contribution is -0.0591. The van der Waals surface area contributed by atoms with Gasteiger partial charge in [0.25, 0.3) is 0 Å². The van der Waals surface area contributed by atoms with Crippen molar-refractivity contribution < 1.29 is 4.74 Å². The van der Waals surface area contributed by atoms with Gasteiger partial charge in [0.2, 0.25) is 0 Å². The maximum absolute atomic E-state index is 5.81. The predicted octanol–water partition coefficient (Wildman–Crippen LogP) is 2.27. The molecule has 2 N–H and O–H groups in total. The van der Waals surface area contributed by atoms with Gasteiger partial charge in [0.05, 0.1) is 12.7 Å². The Labute approximate surface area is 104 Å². The second-order valence-electron chi connectivity index (χ2n) is 4.88. The van der Waals surface area contributed by atoms with Crippen LogP contribution in [0.15, 0.2) is 24.3 Å². The fraction of sp³-hybridized carbons (Fsp3) is 0.571. The van der Waals surface area contributed by atoms with E-state index in [0.29, 0.717) is 12.1 Å². The SMILES string of the molecule is CCC1COC(C)CN1Cc1cccc(N)c1. The summed E-state index contributed by atoms with van der Waals surface area (Å²) in [4.78, 5) is 2.50. The number of nitrogens with zero attached hydrogens (tertiary/aromatic N) is 1. The van der Waals surface area contributed by atoms with E-state index in [-0.39, 0.29) is 0 Å². The summed E-state index contributed by atoms with van der Waals surface area (Å²) in [6.45, 7) is 7.18. The standard InChI is InChI=1S/C14H22N2O/c1-3-14-10-17-11(2)8-16(14)9-12-5-4-6-13(15)7-12/h4-7,11,14H,3,8-10,15H2,1-2H3. The van der Waals surface area contributed by atoms with Gasteiger partial charge in [-0.3, -0.25) is 4.90 Å². The highest BCUT2D eigenvalue weighted by Gasteiger charge is 2.25. The zero-order valence-electron chi connectivity index (χ0n) is 10.7. The Morgan fingerprint density at radius 2 is 2.29 bits per heavy atom. The monoisotopic (exact) mass is 234 g/mol.